The number of likely N-dealkylation sites (N-methyl/N-ethyl adjacent to an activating group) is 1. The van der Waals surface area contributed by atoms with Gasteiger partial charge < -0.3 is 15.1 Å². The van der Waals surface area contributed by atoms with Crippen LogP contribution in [0.1, 0.15) is 25.0 Å². The van der Waals surface area contributed by atoms with Crippen LogP contribution < -0.4 is 5.32 Å². The fourth-order valence-electron chi connectivity index (χ4n) is 2.13. The highest BCUT2D eigenvalue weighted by Crippen LogP contribution is 2.29. The van der Waals surface area contributed by atoms with Crippen LogP contribution in [0.15, 0.2) is 29.3 Å². The van der Waals surface area contributed by atoms with Crippen LogP contribution >= 0.6 is 0 Å². The molecule has 0 heterocycles. The maximum atomic E-state index is 12.6. The average Bonchev–Trinajstić information content (AvgIpc) is 2.50. The van der Waals surface area contributed by atoms with Gasteiger partial charge in [0.05, 0.1) is 5.56 Å². The van der Waals surface area contributed by atoms with Crippen LogP contribution in [-0.4, -0.2) is 56.0 Å². The first kappa shape index (κ1) is 20.3. The lowest BCUT2D eigenvalue weighted by Crippen LogP contribution is -2.42. The Kier molecular flexibility index (Phi) is 7.54. The molecule has 0 radical (unpaired) electrons. The minimum Gasteiger partial charge on any atom is -0.355 e. The second-order valence-corrected chi connectivity index (χ2v) is 6.10. The smallest absolute Gasteiger partial charge is 0.355 e. The van der Waals surface area contributed by atoms with Crippen molar-refractivity contribution >= 4 is 5.96 Å². The summed E-state index contributed by atoms with van der Waals surface area (Å²) < 4.78 is 37.7. The van der Waals surface area contributed by atoms with E-state index in [4.69, 9.17) is 0 Å². The first-order valence-electron chi connectivity index (χ1n) is 7.93. The minimum atomic E-state index is -4.30. The van der Waals surface area contributed by atoms with E-state index in [0.717, 1.165) is 30.8 Å². The lowest BCUT2D eigenvalue weighted by atomic mass is 10.1. The highest BCUT2D eigenvalue weighted by atomic mass is 19.4. The van der Waals surface area contributed by atoms with Crippen molar-refractivity contribution in [2.75, 3.05) is 34.2 Å². The van der Waals surface area contributed by atoms with Crippen LogP contribution in [0.2, 0.25) is 0 Å². The zero-order valence-electron chi connectivity index (χ0n) is 15.0. The van der Waals surface area contributed by atoms with E-state index in [-0.39, 0.29) is 0 Å². The van der Waals surface area contributed by atoms with E-state index in [1.807, 2.05) is 11.9 Å². The van der Waals surface area contributed by atoms with Crippen molar-refractivity contribution in [2.24, 2.45) is 4.99 Å². The summed E-state index contributed by atoms with van der Waals surface area (Å²) in [5, 5.41) is 3.27. The first-order chi connectivity index (χ1) is 11.1. The Morgan fingerprint density at radius 3 is 2.21 bits per heavy atom. The predicted molar refractivity (Wildman–Crippen MR) is 92.0 cm³/mol. The molecule has 1 aromatic carbocycles. The molecule has 0 aliphatic rings. The van der Waals surface area contributed by atoms with Crippen LogP contribution in [0.5, 0.6) is 0 Å². The van der Waals surface area contributed by atoms with E-state index in [0.29, 0.717) is 18.5 Å². The van der Waals surface area contributed by atoms with Crippen molar-refractivity contribution in [3.8, 4) is 0 Å². The summed E-state index contributed by atoms with van der Waals surface area (Å²) in [6, 6.07) is 5.69. The predicted octanol–water partition coefficient (Wildman–Crippen LogP) is 3.05. The van der Waals surface area contributed by atoms with Crippen LogP contribution in [0, 0.1) is 0 Å². The highest BCUT2D eigenvalue weighted by Gasteiger charge is 2.29. The Morgan fingerprint density at radius 1 is 1.17 bits per heavy atom. The number of guanidine groups is 1. The van der Waals surface area contributed by atoms with Gasteiger partial charge in [0.1, 0.15) is 0 Å². The molecule has 0 saturated heterocycles. The van der Waals surface area contributed by atoms with Gasteiger partial charge in [0.25, 0.3) is 0 Å². The number of hydrogen-bond acceptors (Lipinski definition) is 2. The van der Waals surface area contributed by atoms with Crippen LogP contribution in [0.3, 0.4) is 0 Å². The third kappa shape index (κ3) is 6.39. The minimum absolute atomic E-state index is 0.471. The van der Waals surface area contributed by atoms with Crippen molar-refractivity contribution in [3.63, 3.8) is 0 Å². The molecule has 0 fully saturated rings. The van der Waals surface area contributed by atoms with E-state index < -0.39 is 11.7 Å². The molecule has 0 aliphatic heterocycles. The highest BCUT2D eigenvalue weighted by molar-refractivity contribution is 5.79. The van der Waals surface area contributed by atoms with E-state index >= 15 is 0 Å². The molecule has 24 heavy (non-hydrogen) atoms. The van der Waals surface area contributed by atoms with Gasteiger partial charge in [-0.2, -0.15) is 13.2 Å². The summed E-state index contributed by atoms with van der Waals surface area (Å²) >= 11 is 0. The van der Waals surface area contributed by atoms with Gasteiger partial charge in [-0.15, -0.1) is 0 Å². The maximum Gasteiger partial charge on any atom is 0.416 e. The summed E-state index contributed by atoms with van der Waals surface area (Å²) in [7, 11) is 5.61. The monoisotopic (exact) mass is 344 g/mol. The summed E-state index contributed by atoms with van der Waals surface area (Å²) in [4.78, 5) is 8.32. The molecule has 1 N–H and O–H groups in total. The molecular weight excluding hydrogens is 317 g/mol. The van der Waals surface area contributed by atoms with Gasteiger partial charge >= 0.3 is 6.18 Å². The number of rotatable bonds is 6. The fourth-order valence-corrected chi connectivity index (χ4v) is 2.13. The number of nitrogens with one attached hydrogen (secondary N) is 1. The standard InChI is InChI=1S/C17H27F3N4/c1-13(2)23(4)11-10-22-16(21-3)24(5)12-14-6-8-15(9-7-14)17(18,19)20/h6-9,13H,10-12H2,1-5H3,(H,21,22). The molecule has 0 spiro atoms. The van der Waals surface area contributed by atoms with Crippen molar-refractivity contribution in [1.82, 2.24) is 15.1 Å². The molecule has 0 aromatic heterocycles. The second-order valence-electron chi connectivity index (χ2n) is 6.10. The molecule has 1 aromatic rings. The summed E-state index contributed by atoms with van der Waals surface area (Å²) in [6.07, 6.45) is -4.30. The van der Waals surface area contributed by atoms with Crippen LogP contribution in [-0.2, 0) is 12.7 Å². The number of hydrogen-bond donors (Lipinski definition) is 1. The number of alkyl halides is 3. The molecule has 4 nitrogen and oxygen atoms in total. The molecule has 0 unspecified atom stereocenters. The summed E-state index contributed by atoms with van der Waals surface area (Å²) in [6.45, 7) is 6.37. The number of nitrogens with zero attached hydrogens (tertiary/aromatic N) is 3. The zero-order valence-corrected chi connectivity index (χ0v) is 15.0. The normalized spacial score (nSPS) is 12.8. The van der Waals surface area contributed by atoms with E-state index in [2.05, 4.69) is 36.1 Å². The Bertz CT molecular complexity index is 524. The van der Waals surface area contributed by atoms with Crippen molar-refractivity contribution in [1.29, 1.82) is 0 Å². The first-order valence-corrected chi connectivity index (χ1v) is 7.93. The molecule has 0 saturated carbocycles. The Hall–Kier alpha value is -1.76. The molecule has 0 atom stereocenters. The Morgan fingerprint density at radius 2 is 1.75 bits per heavy atom. The molecule has 136 valence electrons. The van der Waals surface area contributed by atoms with Crippen molar-refractivity contribution in [2.45, 2.75) is 32.6 Å². The number of aliphatic imine (C=N–C) groups is 1. The average molecular weight is 344 g/mol. The van der Waals surface area contributed by atoms with Gasteiger partial charge in [-0.05, 0) is 38.6 Å². The Labute approximate surface area is 142 Å². The SMILES string of the molecule is CN=C(NCCN(C)C(C)C)N(C)Cc1ccc(C(F)(F)F)cc1. The zero-order chi connectivity index (χ0) is 18.3. The number of halogens is 3. The van der Waals surface area contributed by atoms with Gasteiger partial charge in [0, 0.05) is 39.8 Å². The van der Waals surface area contributed by atoms with Gasteiger partial charge in [0.2, 0.25) is 0 Å². The van der Waals surface area contributed by atoms with E-state index in [9.17, 15) is 13.2 Å². The Balaban J connectivity index is 2.57. The van der Waals surface area contributed by atoms with Crippen molar-refractivity contribution in [3.05, 3.63) is 35.4 Å². The van der Waals surface area contributed by atoms with Gasteiger partial charge in [0.15, 0.2) is 5.96 Å². The maximum absolute atomic E-state index is 12.6. The lowest BCUT2D eigenvalue weighted by Gasteiger charge is -2.25. The fraction of sp³-hybridized carbons (Fsp3) is 0.588. The largest absolute Gasteiger partial charge is 0.416 e. The molecule has 0 amide bonds. The quantitative estimate of drug-likeness (QED) is 0.636. The summed E-state index contributed by atoms with van der Waals surface area (Å²) in [5.74, 6) is 0.715. The van der Waals surface area contributed by atoms with E-state index in [1.54, 1.807) is 7.05 Å². The second kappa shape index (κ2) is 8.92. The van der Waals surface area contributed by atoms with E-state index in [1.165, 1.54) is 12.1 Å². The van der Waals surface area contributed by atoms with Crippen LogP contribution in [0.25, 0.3) is 0 Å². The molecular formula is C17H27F3N4. The van der Waals surface area contributed by atoms with Gasteiger partial charge in [-0.25, -0.2) is 0 Å². The third-order valence-corrected chi connectivity index (χ3v) is 3.90. The molecule has 7 heteroatoms. The van der Waals surface area contributed by atoms with Crippen LogP contribution in [0.4, 0.5) is 13.2 Å². The molecule has 1 rings (SSSR count). The van der Waals surface area contributed by atoms with Gasteiger partial charge in [-0.1, -0.05) is 12.1 Å². The van der Waals surface area contributed by atoms with Gasteiger partial charge in [-0.3, -0.25) is 4.99 Å². The summed E-state index contributed by atoms with van der Waals surface area (Å²) in [5.41, 5.74) is 0.167. The number of benzene rings is 1. The molecule has 0 bridgehead atoms. The third-order valence-electron chi connectivity index (χ3n) is 3.90. The lowest BCUT2D eigenvalue weighted by molar-refractivity contribution is -0.137. The van der Waals surface area contributed by atoms with Crippen molar-refractivity contribution < 1.29 is 13.2 Å². The molecule has 0 aliphatic carbocycles. The topological polar surface area (TPSA) is 30.9 Å².